The molecule has 1 amide bonds. The molecule has 0 heterocycles. The Morgan fingerprint density at radius 3 is 2.43 bits per heavy atom. The van der Waals surface area contributed by atoms with E-state index in [1.54, 1.807) is 6.07 Å². The summed E-state index contributed by atoms with van der Waals surface area (Å²) in [5.41, 5.74) is -0.0476. The van der Waals surface area contributed by atoms with Gasteiger partial charge < -0.3 is 16.0 Å². The number of thiocarbonyl (C=S) groups is 1. The minimum absolute atomic E-state index is 0.0921. The van der Waals surface area contributed by atoms with E-state index in [1.807, 2.05) is 0 Å². The number of para-hydroxylation sites is 2. The molecule has 0 fully saturated rings. The second kappa shape index (κ2) is 8.70. The van der Waals surface area contributed by atoms with Gasteiger partial charge in [-0.2, -0.15) is 0 Å². The Balaban J connectivity index is 2.84. The zero-order valence-corrected chi connectivity index (χ0v) is 15.0. The van der Waals surface area contributed by atoms with E-state index in [4.69, 9.17) is 58.6 Å². The van der Waals surface area contributed by atoms with Crippen LogP contribution in [-0.2, 0) is 4.79 Å². The number of nitrogens with zero attached hydrogens (tertiary/aromatic N) is 1. The molecule has 0 aliphatic carbocycles. The summed E-state index contributed by atoms with van der Waals surface area (Å²) in [6, 6.07) is 5.84. The Labute approximate surface area is 156 Å². The Morgan fingerprint density at radius 1 is 1.30 bits per heavy atom. The third-order valence-electron chi connectivity index (χ3n) is 2.38. The van der Waals surface area contributed by atoms with Crippen LogP contribution < -0.4 is 16.0 Å². The number of halogens is 4. The molecule has 1 aromatic rings. The van der Waals surface area contributed by atoms with Gasteiger partial charge in [-0.25, -0.2) is 0 Å². The maximum atomic E-state index is 11.3. The summed E-state index contributed by atoms with van der Waals surface area (Å²) in [6.45, 7) is 0. The number of benzene rings is 1. The number of rotatable bonds is 5. The van der Waals surface area contributed by atoms with E-state index < -0.39 is 20.8 Å². The highest BCUT2D eigenvalue weighted by atomic mass is 35.6. The highest BCUT2D eigenvalue weighted by Crippen LogP contribution is 2.29. The van der Waals surface area contributed by atoms with Crippen molar-refractivity contribution in [3.8, 4) is 0 Å². The lowest BCUT2D eigenvalue weighted by molar-refractivity contribution is -0.383. The Kier molecular flexibility index (Phi) is 7.56. The van der Waals surface area contributed by atoms with Crippen LogP contribution in [0.15, 0.2) is 24.3 Å². The fourth-order valence-corrected chi connectivity index (χ4v) is 2.06. The van der Waals surface area contributed by atoms with Gasteiger partial charge >= 0.3 is 0 Å². The molecule has 1 aromatic carbocycles. The molecule has 0 radical (unpaired) electrons. The zero-order chi connectivity index (χ0) is 17.6. The lowest BCUT2D eigenvalue weighted by atomic mass is 10.3. The number of nitrogens with one attached hydrogen (secondary N) is 3. The lowest BCUT2D eigenvalue weighted by Gasteiger charge is -2.27. The number of alkyl halides is 4. The Morgan fingerprint density at radius 2 is 1.91 bits per heavy atom. The van der Waals surface area contributed by atoms with E-state index in [2.05, 4.69) is 16.0 Å². The molecule has 0 aliphatic rings. The summed E-state index contributed by atoms with van der Waals surface area (Å²) >= 11 is 27.6. The first-order valence-corrected chi connectivity index (χ1v) is 7.95. The van der Waals surface area contributed by atoms with Crippen molar-refractivity contribution in [2.24, 2.45) is 0 Å². The van der Waals surface area contributed by atoms with Gasteiger partial charge in [-0.15, -0.1) is 11.6 Å². The van der Waals surface area contributed by atoms with Crippen LogP contribution in [0.3, 0.4) is 0 Å². The van der Waals surface area contributed by atoms with Gasteiger partial charge in [-0.05, 0) is 18.3 Å². The summed E-state index contributed by atoms with van der Waals surface area (Å²) < 4.78 is -1.93. The van der Waals surface area contributed by atoms with Crippen LogP contribution in [0.1, 0.15) is 0 Å². The van der Waals surface area contributed by atoms with Gasteiger partial charge in [0.1, 0.15) is 17.7 Å². The average molecular weight is 420 g/mol. The van der Waals surface area contributed by atoms with Crippen LogP contribution in [0.4, 0.5) is 11.4 Å². The second-order valence-electron chi connectivity index (χ2n) is 4.05. The van der Waals surface area contributed by atoms with Gasteiger partial charge in [0.15, 0.2) is 5.11 Å². The maximum absolute atomic E-state index is 11.3. The number of carbonyl (C=O) groups excluding carboxylic acids is 1. The molecule has 0 aromatic heterocycles. The number of hydrogen-bond acceptors (Lipinski definition) is 4. The third-order valence-corrected chi connectivity index (χ3v) is 3.50. The molecule has 12 heteroatoms. The SMILES string of the molecule is O=C(CCl)NC(NC(=S)Nc1ccccc1[N+](=O)[O-])C(Cl)(Cl)Cl. The largest absolute Gasteiger partial charge is 0.339 e. The molecule has 0 bridgehead atoms. The van der Waals surface area contributed by atoms with Crippen molar-refractivity contribution >= 4 is 81.0 Å². The van der Waals surface area contributed by atoms with E-state index >= 15 is 0 Å². The molecular weight excluding hydrogens is 410 g/mol. The van der Waals surface area contributed by atoms with Gasteiger partial charge in [0, 0.05) is 6.07 Å². The smallest absolute Gasteiger partial charge is 0.292 e. The number of nitro benzene ring substituents is 1. The van der Waals surface area contributed by atoms with Crippen LogP contribution >= 0.6 is 58.6 Å². The number of anilines is 1. The van der Waals surface area contributed by atoms with Crippen molar-refractivity contribution < 1.29 is 9.72 Å². The second-order valence-corrected chi connectivity index (χ2v) is 7.09. The van der Waals surface area contributed by atoms with Crippen molar-refractivity contribution in [2.45, 2.75) is 9.96 Å². The zero-order valence-electron chi connectivity index (χ0n) is 11.2. The molecule has 0 aliphatic heterocycles. The number of hydrogen-bond donors (Lipinski definition) is 3. The number of amides is 1. The van der Waals surface area contributed by atoms with Gasteiger partial charge in [0.25, 0.3) is 5.69 Å². The van der Waals surface area contributed by atoms with Gasteiger partial charge in [-0.3, -0.25) is 14.9 Å². The summed E-state index contributed by atoms with van der Waals surface area (Å²) in [4.78, 5) is 21.7. The fourth-order valence-electron chi connectivity index (χ4n) is 1.43. The van der Waals surface area contributed by atoms with Crippen molar-refractivity contribution in [3.63, 3.8) is 0 Å². The molecule has 0 saturated carbocycles. The molecule has 1 unspecified atom stereocenters. The van der Waals surface area contributed by atoms with Crippen molar-refractivity contribution in [1.82, 2.24) is 10.6 Å². The fraction of sp³-hybridized carbons (Fsp3) is 0.273. The first-order valence-electron chi connectivity index (χ1n) is 5.88. The highest BCUT2D eigenvalue weighted by Gasteiger charge is 2.34. The molecule has 7 nitrogen and oxygen atoms in total. The number of carbonyl (C=O) groups is 1. The van der Waals surface area contributed by atoms with Gasteiger partial charge in [0.2, 0.25) is 9.70 Å². The summed E-state index contributed by atoms with van der Waals surface area (Å²) in [5, 5.41) is 18.3. The molecule has 0 saturated heterocycles. The molecule has 0 spiro atoms. The molecule has 1 atom stereocenters. The van der Waals surface area contributed by atoms with E-state index in [-0.39, 0.29) is 22.4 Å². The maximum Gasteiger partial charge on any atom is 0.292 e. The quantitative estimate of drug-likeness (QED) is 0.223. The van der Waals surface area contributed by atoms with Crippen LogP contribution in [0.5, 0.6) is 0 Å². The van der Waals surface area contributed by atoms with Crippen LogP contribution in [0.2, 0.25) is 0 Å². The summed E-state index contributed by atoms with van der Waals surface area (Å²) in [5.74, 6) is -0.938. The third kappa shape index (κ3) is 6.52. The van der Waals surface area contributed by atoms with E-state index in [0.717, 1.165) is 0 Å². The normalized spacial score (nSPS) is 12.2. The van der Waals surface area contributed by atoms with Crippen LogP contribution in [0, 0.1) is 10.1 Å². The molecule has 23 heavy (non-hydrogen) atoms. The van der Waals surface area contributed by atoms with Crippen molar-refractivity contribution in [3.05, 3.63) is 34.4 Å². The van der Waals surface area contributed by atoms with Gasteiger partial charge in [-0.1, -0.05) is 46.9 Å². The predicted molar refractivity (Wildman–Crippen MR) is 95.4 cm³/mol. The van der Waals surface area contributed by atoms with E-state index in [9.17, 15) is 14.9 Å². The van der Waals surface area contributed by atoms with Crippen LogP contribution in [0.25, 0.3) is 0 Å². The standard InChI is InChI=1S/C11H10Cl4N4O3S/c12-5-8(20)17-9(11(13,14)15)18-10(23)16-6-3-1-2-4-7(6)19(21)22/h1-4,9H,5H2,(H,17,20)(H2,16,18,23). The Hall–Kier alpha value is -1.06. The minimum Gasteiger partial charge on any atom is -0.339 e. The van der Waals surface area contributed by atoms with E-state index in [0.29, 0.717) is 0 Å². The topological polar surface area (TPSA) is 96.3 Å². The summed E-state index contributed by atoms with van der Waals surface area (Å²) in [6.07, 6.45) is -1.19. The predicted octanol–water partition coefficient (Wildman–Crippen LogP) is 2.93. The van der Waals surface area contributed by atoms with E-state index in [1.165, 1.54) is 18.2 Å². The highest BCUT2D eigenvalue weighted by molar-refractivity contribution is 7.80. The minimum atomic E-state index is -1.93. The molecule has 1 rings (SSSR count). The first-order chi connectivity index (χ1) is 10.6. The van der Waals surface area contributed by atoms with Crippen LogP contribution in [-0.4, -0.2) is 31.8 Å². The molecule has 3 N–H and O–H groups in total. The molecule has 126 valence electrons. The Bertz CT molecular complexity index is 611. The monoisotopic (exact) mass is 418 g/mol. The number of nitro groups is 1. The summed E-state index contributed by atoms with van der Waals surface area (Å²) in [7, 11) is 0. The average Bonchev–Trinajstić information content (AvgIpc) is 2.45. The lowest BCUT2D eigenvalue weighted by Crippen LogP contribution is -2.56. The molecular formula is C11H10Cl4N4O3S. The van der Waals surface area contributed by atoms with Crippen molar-refractivity contribution in [1.29, 1.82) is 0 Å². The van der Waals surface area contributed by atoms with Gasteiger partial charge in [0.05, 0.1) is 4.92 Å². The van der Waals surface area contributed by atoms with Crippen molar-refractivity contribution in [2.75, 3.05) is 11.2 Å². The first kappa shape index (κ1) is 20.0.